The van der Waals surface area contributed by atoms with Gasteiger partial charge >= 0.3 is 0 Å². The van der Waals surface area contributed by atoms with E-state index in [4.69, 9.17) is 0 Å². The molecule has 0 aliphatic carbocycles. The number of carbonyl (C=O) groups excluding carboxylic acids is 2. The number of hydrogen-bond acceptors (Lipinski definition) is 4. The highest BCUT2D eigenvalue weighted by Gasteiger charge is 2.31. The van der Waals surface area contributed by atoms with Gasteiger partial charge in [-0.1, -0.05) is 13.3 Å². The van der Waals surface area contributed by atoms with Gasteiger partial charge in [0.1, 0.15) is 0 Å². The van der Waals surface area contributed by atoms with E-state index in [0.717, 1.165) is 51.1 Å². The molecule has 0 aromatic heterocycles. The average molecular weight is 387 g/mol. The second-order valence-electron chi connectivity index (χ2n) is 7.79. The molecule has 0 radical (unpaired) electrons. The molecule has 0 saturated carbocycles. The van der Waals surface area contributed by atoms with Crippen molar-refractivity contribution in [1.29, 1.82) is 0 Å². The lowest BCUT2D eigenvalue weighted by atomic mass is 10.0. The summed E-state index contributed by atoms with van der Waals surface area (Å²) in [5.74, 6) is 0.233. The molecule has 2 aliphatic heterocycles. The molecule has 2 saturated heterocycles. The van der Waals surface area contributed by atoms with E-state index in [1.54, 1.807) is 0 Å². The number of piperazine rings is 1. The zero-order valence-corrected chi connectivity index (χ0v) is 17.3. The van der Waals surface area contributed by atoms with Crippen molar-refractivity contribution in [3.05, 3.63) is 29.8 Å². The van der Waals surface area contributed by atoms with Crippen LogP contribution < -0.4 is 10.2 Å². The molecular formula is C22H34N4O2. The molecule has 154 valence electrons. The summed E-state index contributed by atoms with van der Waals surface area (Å²) in [6.07, 6.45) is 4.29. The summed E-state index contributed by atoms with van der Waals surface area (Å²) >= 11 is 0. The molecule has 2 heterocycles. The number of piperidine rings is 1. The highest BCUT2D eigenvalue weighted by atomic mass is 16.2. The second-order valence-corrected chi connectivity index (χ2v) is 7.79. The number of nitrogens with zero attached hydrogens (tertiary/aromatic N) is 3. The van der Waals surface area contributed by atoms with Gasteiger partial charge in [0.15, 0.2) is 0 Å². The number of carbonyl (C=O) groups is 2. The number of hydrogen-bond donors (Lipinski definition) is 1. The van der Waals surface area contributed by atoms with Crippen LogP contribution in [0.5, 0.6) is 0 Å². The van der Waals surface area contributed by atoms with Crippen LogP contribution in [0.3, 0.4) is 0 Å². The van der Waals surface area contributed by atoms with Crippen molar-refractivity contribution in [3.63, 3.8) is 0 Å². The van der Waals surface area contributed by atoms with Crippen LogP contribution in [0, 0.1) is 0 Å². The van der Waals surface area contributed by atoms with E-state index < -0.39 is 0 Å². The Morgan fingerprint density at radius 2 is 2.00 bits per heavy atom. The van der Waals surface area contributed by atoms with Crippen molar-refractivity contribution >= 4 is 17.5 Å². The lowest BCUT2D eigenvalue weighted by Gasteiger charge is -2.41. The summed E-state index contributed by atoms with van der Waals surface area (Å²) in [6.45, 7) is 9.80. The molecule has 2 aliphatic rings. The van der Waals surface area contributed by atoms with Gasteiger partial charge in [-0.05, 0) is 50.5 Å². The lowest BCUT2D eigenvalue weighted by Crippen LogP contribution is -2.57. The third-order valence-electron chi connectivity index (χ3n) is 5.89. The van der Waals surface area contributed by atoms with Crippen LogP contribution >= 0.6 is 0 Å². The molecule has 28 heavy (non-hydrogen) atoms. The Labute approximate surface area is 168 Å². The molecule has 6 heteroatoms. The molecule has 1 N–H and O–H groups in total. The quantitative estimate of drug-likeness (QED) is 0.782. The summed E-state index contributed by atoms with van der Waals surface area (Å²) < 4.78 is 0. The molecule has 3 rings (SSSR count). The van der Waals surface area contributed by atoms with Crippen LogP contribution in [0.1, 0.15) is 49.9 Å². The molecule has 2 amide bonds. The summed E-state index contributed by atoms with van der Waals surface area (Å²) in [6, 6.07) is 8.18. The van der Waals surface area contributed by atoms with Gasteiger partial charge in [0.2, 0.25) is 5.91 Å². The number of nitrogens with one attached hydrogen (secondary N) is 1. The van der Waals surface area contributed by atoms with E-state index in [0.29, 0.717) is 13.1 Å². The highest BCUT2D eigenvalue weighted by Crippen LogP contribution is 2.21. The maximum absolute atomic E-state index is 13.0. The van der Waals surface area contributed by atoms with E-state index >= 15 is 0 Å². The largest absolute Gasteiger partial charge is 0.372 e. The van der Waals surface area contributed by atoms with Gasteiger partial charge in [0.05, 0.1) is 6.54 Å². The maximum atomic E-state index is 13.0. The second kappa shape index (κ2) is 9.92. The van der Waals surface area contributed by atoms with Gasteiger partial charge in [-0.15, -0.1) is 0 Å². The Bertz CT molecular complexity index is 661. The summed E-state index contributed by atoms with van der Waals surface area (Å²) in [4.78, 5) is 31.5. The third-order valence-corrected chi connectivity index (χ3v) is 5.89. The Morgan fingerprint density at radius 1 is 1.21 bits per heavy atom. The predicted molar refractivity (Wildman–Crippen MR) is 113 cm³/mol. The van der Waals surface area contributed by atoms with E-state index in [-0.39, 0.29) is 17.9 Å². The van der Waals surface area contributed by atoms with Crippen molar-refractivity contribution < 1.29 is 9.59 Å². The first-order valence-corrected chi connectivity index (χ1v) is 10.8. The SMILES string of the molecule is CCCCN(CC)c1ccc(C(=O)N2CCCC(N3CCNCC3=O)C2)cc1. The fourth-order valence-corrected chi connectivity index (χ4v) is 4.22. The number of anilines is 1. The zero-order valence-electron chi connectivity index (χ0n) is 17.3. The molecule has 1 aromatic carbocycles. The lowest BCUT2D eigenvalue weighted by molar-refractivity contribution is -0.135. The highest BCUT2D eigenvalue weighted by molar-refractivity contribution is 5.94. The first-order valence-electron chi connectivity index (χ1n) is 10.8. The van der Waals surface area contributed by atoms with E-state index in [9.17, 15) is 9.59 Å². The fourth-order valence-electron chi connectivity index (χ4n) is 4.22. The Hall–Kier alpha value is -2.08. The molecule has 0 spiro atoms. The van der Waals surface area contributed by atoms with Crippen LogP contribution in [-0.2, 0) is 4.79 Å². The fraction of sp³-hybridized carbons (Fsp3) is 0.636. The smallest absolute Gasteiger partial charge is 0.253 e. The normalized spacial score (nSPS) is 20.4. The van der Waals surface area contributed by atoms with Crippen molar-refractivity contribution in [2.75, 3.05) is 50.7 Å². The van der Waals surface area contributed by atoms with E-state index in [2.05, 4.69) is 36.2 Å². The first-order chi connectivity index (χ1) is 13.6. The van der Waals surface area contributed by atoms with Gasteiger partial charge in [-0.25, -0.2) is 0 Å². The molecule has 1 aromatic rings. The average Bonchev–Trinajstić information content (AvgIpc) is 2.74. The molecule has 1 unspecified atom stereocenters. The number of likely N-dealkylation sites (tertiary alicyclic amines) is 1. The monoisotopic (exact) mass is 386 g/mol. The van der Waals surface area contributed by atoms with Crippen molar-refractivity contribution in [3.8, 4) is 0 Å². The minimum absolute atomic E-state index is 0.0791. The number of rotatable bonds is 7. The maximum Gasteiger partial charge on any atom is 0.253 e. The number of amides is 2. The topological polar surface area (TPSA) is 55.9 Å². The van der Waals surface area contributed by atoms with Gasteiger partial charge in [0.25, 0.3) is 5.91 Å². The summed E-state index contributed by atoms with van der Waals surface area (Å²) in [5.41, 5.74) is 1.91. The minimum Gasteiger partial charge on any atom is -0.372 e. The van der Waals surface area contributed by atoms with Crippen LogP contribution in [0.25, 0.3) is 0 Å². The Kier molecular flexibility index (Phi) is 7.31. The predicted octanol–water partition coefficient (Wildman–Crippen LogP) is 2.35. The zero-order chi connectivity index (χ0) is 19.9. The van der Waals surface area contributed by atoms with Gasteiger partial charge in [-0.3, -0.25) is 9.59 Å². The molecule has 6 nitrogen and oxygen atoms in total. The first kappa shape index (κ1) is 20.6. The van der Waals surface area contributed by atoms with Gasteiger partial charge in [0, 0.05) is 56.6 Å². The molecular weight excluding hydrogens is 352 g/mol. The van der Waals surface area contributed by atoms with Crippen molar-refractivity contribution in [1.82, 2.24) is 15.1 Å². The van der Waals surface area contributed by atoms with Crippen molar-refractivity contribution in [2.24, 2.45) is 0 Å². The molecule has 1 atom stereocenters. The standard InChI is InChI=1S/C22H34N4O2/c1-3-5-13-24(4-2)19-10-8-18(9-11-19)22(28)25-14-6-7-20(17-25)26-15-12-23-16-21(26)27/h8-11,20,23H,3-7,12-17H2,1-2H3. The van der Waals surface area contributed by atoms with E-state index in [1.807, 2.05) is 21.9 Å². The van der Waals surface area contributed by atoms with Crippen LogP contribution in [0.15, 0.2) is 24.3 Å². The van der Waals surface area contributed by atoms with E-state index in [1.165, 1.54) is 18.5 Å². The van der Waals surface area contributed by atoms with Crippen LogP contribution in [-0.4, -0.2) is 73.5 Å². The Balaban J connectivity index is 1.63. The van der Waals surface area contributed by atoms with Gasteiger partial charge < -0.3 is 20.0 Å². The van der Waals surface area contributed by atoms with Gasteiger partial charge in [-0.2, -0.15) is 0 Å². The molecule has 0 bridgehead atoms. The molecule has 2 fully saturated rings. The summed E-state index contributed by atoms with van der Waals surface area (Å²) in [7, 11) is 0. The third kappa shape index (κ3) is 4.85. The Morgan fingerprint density at radius 3 is 2.68 bits per heavy atom. The van der Waals surface area contributed by atoms with Crippen LogP contribution in [0.2, 0.25) is 0 Å². The number of unbranched alkanes of at least 4 members (excludes halogenated alkanes) is 1. The summed E-state index contributed by atoms with van der Waals surface area (Å²) in [5, 5.41) is 3.12. The van der Waals surface area contributed by atoms with Crippen LogP contribution in [0.4, 0.5) is 5.69 Å². The number of benzene rings is 1. The minimum atomic E-state index is 0.0791. The van der Waals surface area contributed by atoms with Crippen molar-refractivity contribution in [2.45, 2.75) is 45.6 Å².